The Balaban J connectivity index is 4.09. The molecule has 1 unspecified atom stereocenters. The highest BCUT2D eigenvalue weighted by atomic mass is 79.9. The van der Waals surface area contributed by atoms with Crippen LogP contribution in [0.15, 0.2) is 0 Å². The number of alkyl halides is 1. The maximum absolute atomic E-state index is 11.5. The number of hydrogen-bond acceptors (Lipinski definition) is 3. The first-order chi connectivity index (χ1) is 6.17. The summed E-state index contributed by atoms with van der Waals surface area (Å²) in [5, 5.41) is 17.4. The number of hydrogen-bond donors (Lipinski definition) is 2. The summed E-state index contributed by atoms with van der Waals surface area (Å²) in [5.41, 5.74) is 0. The summed E-state index contributed by atoms with van der Waals surface area (Å²) in [7, 11) is 0. The molecule has 78 valence electrons. The van der Waals surface area contributed by atoms with E-state index in [0.717, 1.165) is 0 Å². The summed E-state index contributed by atoms with van der Waals surface area (Å²) < 4.78 is 0. The molecule has 0 bridgehead atoms. The van der Waals surface area contributed by atoms with Crippen molar-refractivity contribution in [1.29, 1.82) is 0 Å². The van der Waals surface area contributed by atoms with Gasteiger partial charge in [0.05, 0.1) is 18.0 Å². The minimum absolute atomic E-state index is 0.0742. The second-order valence-corrected chi connectivity index (χ2v) is 3.75. The van der Waals surface area contributed by atoms with E-state index in [4.69, 9.17) is 10.2 Å². The van der Waals surface area contributed by atoms with Gasteiger partial charge in [-0.25, -0.2) is 0 Å². The molecule has 0 radical (unpaired) electrons. The third-order valence-corrected chi connectivity index (χ3v) is 2.72. The van der Waals surface area contributed by atoms with Gasteiger partial charge in [-0.1, -0.05) is 22.9 Å². The summed E-state index contributed by atoms with van der Waals surface area (Å²) in [4.78, 5) is 12.7. The van der Waals surface area contributed by atoms with Crippen LogP contribution in [0.2, 0.25) is 0 Å². The van der Waals surface area contributed by atoms with Crippen LogP contribution in [0.25, 0.3) is 0 Å². The molecule has 1 amide bonds. The highest BCUT2D eigenvalue weighted by Crippen LogP contribution is 2.08. The van der Waals surface area contributed by atoms with Crippen LogP contribution in [-0.4, -0.2) is 52.2 Å². The number of halogens is 1. The van der Waals surface area contributed by atoms with E-state index < -0.39 is 0 Å². The van der Waals surface area contributed by atoms with Crippen molar-refractivity contribution in [2.75, 3.05) is 26.3 Å². The lowest BCUT2D eigenvalue weighted by Crippen LogP contribution is -2.40. The fourth-order valence-electron chi connectivity index (χ4n) is 0.946. The highest BCUT2D eigenvalue weighted by Gasteiger charge is 2.19. The van der Waals surface area contributed by atoms with Crippen LogP contribution in [0.3, 0.4) is 0 Å². The van der Waals surface area contributed by atoms with Crippen LogP contribution in [0.1, 0.15) is 13.3 Å². The van der Waals surface area contributed by atoms with Crippen LogP contribution >= 0.6 is 15.9 Å². The minimum Gasteiger partial charge on any atom is -0.395 e. The van der Waals surface area contributed by atoms with E-state index in [1.165, 1.54) is 4.90 Å². The van der Waals surface area contributed by atoms with Gasteiger partial charge in [-0.2, -0.15) is 0 Å². The van der Waals surface area contributed by atoms with Crippen LogP contribution in [0.4, 0.5) is 0 Å². The number of aliphatic hydroxyl groups excluding tert-OH is 2. The first-order valence-electron chi connectivity index (χ1n) is 4.31. The summed E-state index contributed by atoms with van der Waals surface area (Å²) >= 11 is 3.23. The molecule has 13 heavy (non-hydrogen) atoms. The van der Waals surface area contributed by atoms with E-state index in [2.05, 4.69) is 15.9 Å². The second-order valence-electron chi connectivity index (χ2n) is 2.65. The molecule has 0 saturated heterocycles. The van der Waals surface area contributed by atoms with Gasteiger partial charge in [-0.15, -0.1) is 0 Å². The lowest BCUT2D eigenvalue weighted by Gasteiger charge is -2.22. The van der Waals surface area contributed by atoms with Gasteiger partial charge >= 0.3 is 0 Å². The van der Waals surface area contributed by atoms with Crippen molar-refractivity contribution in [2.45, 2.75) is 18.2 Å². The molecule has 0 aliphatic heterocycles. The van der Waals surface area contributed by atoms with Gasteiger partial charge in [-0.05, 0) is 6.42 Å². The molecule has 0 rings (SSSR count). The van der Waals surface area contributed by atoms with Crippen molar-refractivity contribution >= 4 is 21.8 Å². The summed E-state index contributed by atoms with van der Waals surface area (Å²) in [6, 6.07) is 0. The quantitative estimate of drug-likeness (QED) is 0.654. The zero-order valence-electron chi connectivity index (χ0n) is 7.74. The molecule has 5 heteroatoms. The molecule has 0 aliphatic rings. The SMILES string of the molecule is CCC(Br)C(=O)N(CCO)CCO. The van der Waals surface area contributed by atoms with Gasteiger partial charge in [0.15, 0.2) is 0 Å². The van der Waals surface area contributed by atoms with Crippen LogP contribution in [0, 0.1) is 0 Å². The predicted octanol–water partition coefficient (Wildman–Crippen LogP) is -0.0269. The Morgan fingerprint density at radius 1 is 1.38 bits per heavy atom. The lowest BCUT2D eigenvalue weighted by molar-refractivity contribution is -0.131. The van der Waals surface area contributed by atoms with Gasteiger partial charge in [0.25, 0.3) is 0 Å². The zero-order chi connectivity index (χ0) is 10.3. The van der Waals surface area contributed by atoms with Crippen LogP contribution in [0.5, 0.6) is 0 Å². The van der Waals surface area contributed by atoms with Crippen molar-refractivity contribution in [3.63, 3.8) is 0 Å². The molecule has 0 spiro atoms. The van der Waals surface area contributed by atoms with Gasteiger partial charge in [0.1, 0.15) is 0 Å². The van der Waals surface area contributed by atoms with Crippen molar-refractivity contribution < 1.29 is 15.0 Å². The third kappa shape index (κ3) is 4.59. The summed E-state index contributed by atoms with van der Waals surface area (Å²) in [5.74, 6) is -0.0781. The molecular weight excluding hydrogens is 238 g/mol. The second kappa shape index (κ2) is 7.29. The Kier molecular flexibility index (Phi) is 7.22. The molecule has 0 aromatic heterocycles. The first kappa shape index (κ1) is 12.9. The Labute approximate surface area is 86.7 Å². The molecule has 0 aromatic carbocycles. The van der Waals surface area contributed by atoms with Gasteiger partial charge in [-0.3, -0.25) is 4.79 Å². The fraction of sp³-hybridized carbons (Fsp3) is 0.875. The molecule has 0 aromatic rings. The Morgan fingerprint density at radius 3 is 2.15 bits per heavy atom. The van der Waals surface area contributed by atoms with E-state index in [0.29, 0.717) is 6.42 Å². The zero-order valence-corrected chi connectivity index (χ0v) is 9.33. The van der Waals surface area contributed by atoms with Crippen molar-refractivity contribution in [2.24, 2.45) is 0 Å². The normalized spacial score (nSPS) is 12.6. The molecule has 0 heterocycles. The van der Waals surface area contributed by atoms with Crippen molar-refractivity contribution in [1.82, 2.24) is 4.90 Å². The van der Waals surface area contributed by atoms with E-state index >= 15 is 0 Å². The monoisotopic (exact) mass is 253 g/mol. The molecule has 1 atom stereocenters. The number of aliphatic hydroxyl groups is 2. The largest absolute Gasteiger partial charge is 0.395 e. The smallest absolute Gasteiger partial charge is 0.236 e. The van der Waals surface area contributed by atoms with Gasteiger partial charge in [0, 0.05) is 13.1 Å². The van der Waals surface area contributed by atoms with Crippen molar-refractivity contribution in [3.8, 4) is 0 Å². The molecule has 4 nitrogen and oxygen atoms in total. The standard InChI is InChI=1S/C8H16BrNO3/c1-2-7(9)8(13)10(3-5-11)4-6-12/h7,11-12H,2-6H2,1H3. The fourth-order valence-corrected chi connectivity index (χ4v) is 1.24. The number of carbonyl (C=O) groups excluding carboxylic acids is 1. The number of nitrogens with zero attached hydrogens (tertiary/aromatic N) is 1. The van der Waals surface area contributed by atoms with Gasteiger partial charge in [0.2, 0.25) is 5.91 Å². The molecule has 0 fully saturated rings. The molecule has 2 N–H and O–H groups in total. The average Bonchev–Trinajstić information content (AvgIpc) is 2.15. The van der Waals surface area contributed by atoms with Crippen molar-refractivity contribution in [3.05, 3.63) is 0 Å². The Morgan fingerprint density at radius 2 is 1.85 bits per heavy atom. The highest BCUT2D eigenvalue weighted by molar-refractivity contribution is 9.10. The van der Waals surface area contributed by atoms with Crippen LogP contribution in [-0.2, 0) is 4.79 Å². The van der Waals surface area contributed by atoms with Gasteiger partial charge < -0.3 is 15.1 Å². The molecule has 0 saturated carbocycles. The predicted molar refractivity (Wildman–Crippen MR) is 53.8 cm³/mol. The summed E-state index contributed by atoms with van der Waals surface area (Å²) in [6.45, 7) is 2.31. The first-order valence-corrected chi connectivity index (χ1v) is 5.23. The van der Waals surface area contributed by atoms with E-state index in [1.807, 2.05) is 6.92 Å². The number of rotatable bonds is 6. The molecular formula is C8H16BrNO3. The minimum atomic E-state index is -0.217. The number of carbonyl (C=O) groups is 1. The topological polar surface area (TPSA) is 60.8 Å². The molecule has 0 aliphatic carbocycles. The lowest BCUT2D eigenvalue weighted by atomic mass is 10.3. The van der Waals surface area contributed by atoms with E-state index in [9.17, 15) is 4.79 Å². The van der Waals surface area contributed by atoms with E-state index in [-0.39, 0.29) is 37.0 Å². The number of amides is 1. The summed E-state index contributed by atoms with van der Waals surface area (Å²) in [6.07, 6.45) is 0.701. The third-order valence-electron chi connectivity index (χ3n) is 1.68. The van der Waals surface area contributed by atoms with Crippen LogP contribution < -0.4 is 0 Å². The Bertz CT molecular complexity index is 148. The maximum Gasteiger partial charge on any atom is 0.236 e. The maximum atomic E-state index is 11.5. The van der Waals surface area contributed by atoms with E-state index in [1.54, 1.807) is 0 Å². The Hall–Kier alpha value is -0.130. The average molecular weight is 254 g/mol.